The van der Waals surface area contributed by atoms with Crippen LogP contribution in [-0.2, 0) is 9.53 Å². The number of carbonyl (C=O) groups excluding carboxylic acids is 2. The summed E-state index contributed by atoms with van der Waals surface area (Å²) in [5.41, 5.74) is 2.30. The number of hydrogen-bond acceptors (Lipinski definition) is 6. The summed E-state index contributed by atoms with van der Waals surface area (Å²) in [5, 5.41) is 2.89. The van der Waals surface area contributed by atoms with Crippen LogP contribution >= 0.6 is 0 Å². The number of benzene rings is 2. The quantitative estimate of drug-likeness (QED) is 0.549. The second kappa shape index (κ2) is 11.0. The largest absolute Gasteiger partial charge is 0.497 e. The van der Waals surface area contributed by atoms with E-state index in [1.54, 1.807) is 39.3 Å². The fourth-order valence-corrected chi connectivity index (χ4v) is 3.91. The predicted octanol–water partition coefficient (Wildman–Crippen LogP) is 4.42. The van der Waals surface area contributed by atoms with Gasteiger partial charge < -0.3 is 24.3 Å². The maximum absolute atomic E-state index is 13.2. The molecule has 2 aromatic rings. The minimum Gasteiger partial charge on any atom is -0.497 e. The lowest BCUT2D eigenvalue weighted by molar-refractivity contribution is -0.139. The number of nitrogens with one attached hydrogen (secondary N) is 1. The summed E-state index contributed by atoms with van der Waals surface area (Å²) >= 11 is 0. The van der Waals surface area contributed by atoms with Crippen LogP contribution in [0, 0.1) is 0 Å². The second-order valence-corrected chi connectivity index (χ2v) is 8.11. The van der Waals surface area contributed by atoms with Crippen molar-refractivity contribution in [3.63, 3.8) is 0 Å². The molecule has 1 aliphatic rings. The van der Waals surface area contributed by atoms with Crippen molar-refractivity contribution in [3.8, 4) is 17.2 Å². The first-order valence-electron chi connectivity index (χ1n) is 11.2. The number of rotatable bonds is 9. The van der Waals surface area contributed by atoms with Gasteiger partial charge in [0.2, 0.25) is 0 Å². The molecule has 1 N–H and O–H groups in total. The summed E-state index contributed by atoms with van der Waals surface area (Å²) in [7, 11) is 4.68. The maximum atomic E-state index is 13.2. The number of carbonyl (C=O) groups is 2. The maximum Gasteiger partial charge on any atom is 0.338 e. The van der Waals surface area contributed by atoms with Gasteiger partial charge in [0, 0.05) is 12.6 Å². The number of ether oxygens (including phenoxy) is 4. The fourth-order valence-electron chi connectivity index (χ4n) is 3.91. The van der Waals surface area contributed by atoms with E-state index in [2.05, 4.69) is 19.2 Å². The predicted molar refractivity (Wildman–Crippen MR) is 128 cm³/mol. The van der Waals surface area contributed by atoms with Gasteiger partial charge >= 0.3 is 12.0 Å². The molecule has 0 radical (unpaired) electrons. The number of likely N-dealkylation sites (N-methyl/N-ethyl adjacent to an activating group) is 1. The highest BCUT2D eigenvalue weighted by Crippen LogP contribution is 2.38. The SMILES string of the molecule is CCOC(=O)C1=C(COc2ccccc2C(C)C)N(C)C(=O)NC1c1cc(OC)ccc1OC. The standard InChI is InChI=1S/C26H32N2O6/c1-7-33-25(29)23-20(15-34-22-11-9-8-10-18(22)16(2)3)28(4)26(30)27-24(23)19-14-17(31-5)12-13-21(19)32-6/h8-14,16,24H,7,15H2,1-6H3,(H,27,30). The second-order valence-electron chi connectivity index (χ2n) is 8.11. The van der Waals surface area contributed by atoms with Gasteiger partial charge in [-0.1, -0.05) is 32.0 Å². The van der Waals surface area contributed by atoms with E-state index in [1.807, 2.05) is 24.3 Å². The molecule has 2 aromatic carbocycles. The summed E-state index contributed by atoms with van der Waals surface area (Å²) < 4.78 is 22.4. The number of methoxy groups -OCH3 is 2. The molecular weight excluding hydrogens is 436 g/mol. The highest BCUT2D eigenvalue weighted by Gasteiger charge is 2.38. The summed E-state index contributed by atoms with van der Waals surface area (Å²) in [6.07, 6.45) is 0. The first-order valence-corrected chi connectivity index (χ1v) is 11.2. The fraction of sp³-hybridized carbons (Fsp3) is 0.385. The smallest absolute Gasteiger partial charge is 0.338 e. The molecule has 0 bridgehead atoms. The molecule has 8 nitrogen and oxygen atoms in total. The summed E-state index contributed by atoms with van der Waals surface area (Å²) in [5.74, 6) is 1.47. The number of para-hydroxylation sites is 1. The molecule has 1 aliphatic heterocycles. The van der Waals surface area contributed by atoms with Crippen molar-refractivity contribution in [2.45, 2.75) is 32.7 Å². The Bertz CT molecular complexity index is 1080. The Labute approximate surface area is 200 Å². The van der Waals surface area contributed by atoms with Gasteiger partial charge in [0.25, 0.3) is 0 Å². The minimum absolute atomic E-state index is 0.00455. The Kier molecular flexibility index (Phi) is 8.04. The van der Waals surface area contributed by atoms with Crippen LogP contribution in [-0.4, -0.2) is 51.4 Å². The first-order chi connectivity index (χ1) is 16.3. The third kappa shape index (κ3) is 5.11. The van der Waals surface area contributed by atoms with Crippen LogP contribution < -0.4 is 19.5 Å². The Morgan fingerprint density at radius 1 is 1.09 bits per heavy atom. The van der Waals surface area contributed by atoms with E-state index in [9.17, 15) is 9.59 Å². The van der Waals surface area contributed by atoms with E-state index < -0.39 is 12.0 Å². The van der Waals surface area contributed by atoms with Crippen molar-refractivity contribution in [1.29, 1.82) is 0 Å². The lowest BCUT2D eigenvalue weighted by Crippen LogP contribution is -2.48. The summed E-state index contributed by atoms with van der Waals surface area (Å²) in [6.45, 7) is 6.09. The highest BCUT2D eigenvalue weighted by atomic mass is 16.5. The van der Waals surface area contributed by atoms with Crippen molar-refractivity contribution in [2.24, 2.45) is 0 Å². The van der Waals surface area contributed by atoms with Crippen molar-refractivity contribution in [1.82, 2.24) is 10.2 Å². The van der Waals surface area contributed by atoms with Crippen LogP contribution in [0.3, 0.4) is 0 Å². The molecule has 0 spiro atoms. The van der Waals surface area contributed by atoms with Gasteiger partial charge in [0.15, 0.2) is 0 Å². The van der Waals surface area contributed by atoms with Crippen molar-refractivity contribution in [3.05, 3.63) is 64.9 Å². The van der Waals surface area contributed by atoms with Crippen molar-refractivity contribution >= 4 is 12.0 Å². The Morgan fingerprint density at radius 3 is 2.47 bits per heavy atom. The molecule has 2 amide bonds. The Morgan fingerprint density at radius 2 is 1.82 bits per heavy atom. The summed E-state index contributed by atoms with van der Waals surface area (Å²) in [4.78, 5) is 27.5. The minimum atomic E-state index is -0.813. The van der Waals surface area contributed by atoms with Crippen LogP contribution in [0.25, 0.3) is 0 Å². The molecule has 1 atom stereocenters. The van der Waals surface area contributed by atoms with E-state index in [4.69, 9.17) is 18.9 Å². The van der Waals surface area contributed by atoms with E-state index in [-0.39, 0.29) is 30.7 Å². The van der Waals surface area contributed by atoms with Crippen molar-refractivity contribution < 1.29 is 28.5 Å². The molecular formula is C26H32N2O6. The zero-order valence-corrected chi connectivity index (χ0v) is 20.5. The average Bonchev–Trinajstić information content (AvgIpc) is 2.84. The van der Waals surface area contributed by atoms with Crippen LogP contribution in [0.2, 0.25) is 0 Å². The summed E-state index contributed by atoms with van der Waals surface area (Å²) in [6, 6.07) is 11.8. The molecule has 0 saturated heterocycles. The Hall–Kier alpha value is -3.68. The third-order valence-electron chi connectivity index (χ3n) is 5.73. The van der Waals surface area contributed by atoms with Gasteiger partial charge in [-0.2, -0.15) is 0 Å². The Balaban J connectivity index is 2.12. The van der Waals surface area contributed by atoms with Crippen LogP contribution in [0.5, 0.6) is 17.2 Å². The van der Waals surface area contributed by atoms with E-state index in [1.165, 1.54) is 12.0 Å². The van der Waals surface area contributed by atoms with Gasteiger partial charge in [0.1, 0.15) is 23.9 Å². The average molecular weight is 469 g/mol. The number of amides is 2. The van der Waals surface area contributed by atoms with Crippen LogP contribution in [0.1, 0.15) is 43.9 Å². The van der Waals surface area contributed by atoms with Crippen LogP contribution in [0.4, 0.5) is 4.79 Å². The monoisotopic (exact) mass is 468 g/mol. The zero-order chi connectivity index (χ0) is 24.8. The van der Waals surface area contributed by atoms with Crippen molar-refractivity contribution in [2.75, 3.05) is 34.5 Å². The molecule has 34 heavy (non-hydrogen) atoms. The van der Waals surface area contributed by atoms with Gasteiger partial charge in [-0.15, -0.1) is 0 Å². The molecule has 8 heteroatoms. The normalized spacial score (nSPS) is 15.8. The van der Waals surface area contributed by atoms with Crippen LogP contribution in [0.15, 0.2) is 53.7 Å². The van der Waals surface area contributed by atoms with Gasteiger partial charge in [0.05, 0.1) is 38.1 Å². The third-order valence-corrected chi connectivity index (χ3v) is 5.73. The molecule has 1 heterocycles. The topological polar surface area (TPSA) is 86.3 Å². The molecule has 3 rings (SSSR count). The first kappa shape index (κ1) is 25.0. The van der Waals surface area contributed by atoms with Gasteiger partial charge in [-0.3, -0.25) is 4.90 Å². The van der Waals surface area contributed by atoms with E-state index in [0.717, 1.165) is 5.56 Å². The molecule has 0 aliphatic carbocycles. The lowest BCUT2D eigenvalue weighted by Gasteiger charge is -2.35. The number of esters is 1. The number of hydrogen-bond donors (Lipinski definition) is 1. The van der Waals surface area contributed by atoms with Gasteiger partial charge in [-0.25, -0.2) is 9.59 Å². The number of urea groups is 1. The zero-order valence-electron chi connectivity index (χ0n) is 20.5. The highest BCUT2D eigenvalue weighted by molar-refractivity contribution is 5.95. The van der Waals surface area contributed by atoms with Gasteiger partial charge in [-0.05, 0) is 42.7 Å². The molecule has 182 valence electrons. The number of nitrogens with zero attached hydrogens (tertiary/aromatic N) is 1. The molecule has 0 fully saturated rings. The molecule has 0 saturated carbocycles. The molecule has 0 aromatic heterocycles. The molecule has 1 unspecified atom stereocenters. The van der Waals surface area contributed by atoms with E-state index in [0.29, 0.717) is 28.5 Å². The lowest BCUT2D eigenvalue weighted by atomic mass is 9.93. The van der Waals surface area contributed by atoms with E-state index >= 15 is 0 Å².